The third kappa shape index (κ3) is 6.13. The largest absolute Gasteiger partial charge is 0.495 e. The van der Waals surface area contributed by atoms with Crippen molar-refractivity contribution in [3.63, 3.8) is 0 Å². The first-order valence-electron chi connectivity index (χ1n) is 12.8. The zero-order valence-electron chi connectivity index (χ0n) is 22.1. The van der Waals surface area contributed by atoms with Crippen LogP contribution in [0.1, 0.15) is 45.6 Å². The van der Waals surface area contributed by atoms with Crippen molar-refractivity contribution in [2.45, 2.75) is 70.9 Å². The first-order valence-corrected chi connectivity index (χ1v) is 12.8. The number of carbonyl (C=O) groups is 2. The second-order valence-electron chi connectivity index (χ2n) is 10.5. The average Bonchev–Trinajstić information content (AvgIpc) is 3.63. The number of hydrogen-bond donors (Lipinski definition) is 0. The molecule has 2 aromatic rings. The van der Waals surface area contributed by atoms with Crippen LogP contribution in [-0.4, -0.2) is 84.6 Å². The topological polar surface area (TPSA) is 82.5 Å². The van der Waals surface area contributed by atoms with E-state index in [0.717, 1.165) is 48.0 Å². The van der Waals surface area contributed by atoms with Crippen LogP contribution in [0.5, 0.6) is 5.75 Å². The predicted molar refractivity (Wildman–Crippen MR) is 136 cm³/mol. The molecule has 2 fully saturated rings. The fraction of sp³-hybridized carbons (Fsp3) is 0.630. The average molecular weight is 502 g/mol. The Bertz CT molecular complexity index is 1070. The Morgan fingerprint density at radius 1 is 1.19 bits per heavy atom. The monoisotopic (exact) mass is 501 g/mol. The molecule has 2 aliphatic rings. The van der Waals surface area contributed by atoms with Crippen LogP contribution in [0.3, 0.4) is 0 Å². The van der Waals surface area contributed by atoms with E-state index in [0.29, 0.717) is 26.3 Å². The molecule has 1 aromatic heterocycles. The summed E-state index contributed by atoms with van der Waals surface area (Å²) in [6.45, 7) is 8.38. The van der Waals surface area contributed by atoms with Crippen molar-refractivity contribution in [3.8, 4) is 5.75 Å². The molecular weight excluding hydrogens is 462 g/mol. The van der Waals surface area contributed by atoms with Crippen molar-refractivity contribution in [3.05, 3.63) is 30.0 Å². The molecule has 1 saturated carbocycles. The highest BCUT2D eigenvalue weighted by molar-refractivity contribution is 5.90. The summed E-state index contributed by atoms with van der Waals surface area (Å²) in [5.74, 6) is 0.734. The van der Waals surface area contributed by atoms with Crippen LogP contribution >= 0.6 is 0 Å². The predicted octanol–water partition coefficient (Wildman–Crippen LogP) is 3.81. The fourth-order valence-corrected chi connectivity index (χ4v) is 4.68. The molecule has 1 aliphatic carbocycles. The molecule has 0 radical (unpaired) electrons. The Labute approximate surface area is 213 Å². The third-order valence-corrected chi connectivity index (χ3v) is 6.52. The Morgan fingerprint density at radius 3 is 2.64 bits per heavy atom. The van der Waals surface area contributed by atoms with E-state index in [1.54, 1.807) is 19.1 Å². The van der Waals surface area contributed by atoms with Gasteiger partial charge in [-0.1, -0.05) is 12.1 Å². The second kappa shape index (κ2) is 11.1. The molecule has 2 amide bonds. The van der Waals surface area contributed by atoms with E-state index in [4.69, 9.17) is 18.9 Å². The Kier molecular flexibility index (Phi) is 8.10. The first-order chi connectivity index (χ1) is 17.2. The minimum absolute atomic E-state index is 0.0751. The Balaban J connectivity index is 1.54. The van der Waals surface area contributed by atoms with E-state index >= 15 is 0 Å². The molecular formula is C27H39N3O6. The first kappa shape index (κ1) is 26.3. The smallest absolute Gasteiger partial charge is 0.410 e. The minimum Gasteiger partial charge on any atom is -0.495 e. The summed E-state index contributed by atoms with van der Waals surface area (Å²) in [7, 11) is 3.38. The minimum atomic E-state index is -0.698. The van der Waals surface area contributed by atoms with Crippen LogP contribution in [0.4, 0.5) is 4.79 Å². The van der Waals surface area contributed by atoms with E-state index in [1.807, 2.05) is 37.8 Å². The number of para-hydroxylation sites is 1. The lowest BCUT2D eigenvalue weighted by atomic mass is 10.1. The summed E-state index contributed by atoms with van der Waals surface area (Å²) in [5.41, 5.74) is 1.51. The Morgan fingerprint density at radius 2 is 1.97 bits per heavy atom. The van der Waals surface area contributed by atoms with Crippen LogP contribution in [0.15, 0.2) is 24.4 Å². The van der Waals surface area contributed by atoms with Gasteiger partial charge in [0.1, 0.15) is 11.4 Å². The molecule has 0 bridgehead atoms. The lowest BCUT2D eigenvalue weighted by molar-refractivity contribution is -0.150. The molecule has 4 rings (SSSR count). The van der Waals surface area contributed by atoms with Gasteiger partial charge in [0.05, 0.1) is 25.8 Å². The number of carbonyl (C=O) groups excluding carboxylic acids is 2. The SMILES string of the molecule is COCCCn1cc(CN(C(=O)[C@H]2CN(C(=O)OC(C)(C)C)CCO2)C2CC2)c2cccc(OC)c21. The molecule has 1 aromatic carbocycles. The molecule has 0 unspecified atom stereocenters. The highest BCUT2D eigenvalue weighted by atomic mass is 16.6. The van der Waals surface area contributed by atoms with Gasteiger partial charge in [0.25, 0.3) is 5.91 Å². The number of morpholine rings is 1. The standard InChI is InChI=1S/C27H39N3O6/c1-27(2,3)36-26(32)29-13-15-35-23(18-29)25(31)30(20-10-11-20)17-19-16-28(12-7-14-33-4)24-21(19)8-6-9-22(24)34-5/h6,8-9,16,20,23H,7,10-15,17-18H2,1-5H3/t23-/m1/s1. The van der Waals surface area contributed by atoms with Crippen LogP contribution in [0, 0.1) is 0 Å². The van der Waals surface area contributed by atoms with Gasteiger partial charge in [0.15, 0.2) is 6.10 Å². The van der Waals surface area contributed by atoms with Gasteiger partial charge >= 0.3 is 6.09 Å². The molecule has 1 atom stereocenters. The van der Waals surface area contributed by atoms with Gasteiger partial charge in [-0.15, -0.1) is 0 Å². The van der Waals surface area contributed by atoms with E-state index in [9.17, 15) is 9.59 Å². The second-order valence-corrected chi connectivity index (χ2v) is 10.5. The van der Waals surface area contributed by atoms with Crippen molar-refractivity contribution in [2.24, 2.45) is 0 Å². The molecule has 9 heteroatoms. The van der Waals surface area contributed by atoms with Gasteiger partial charge < -0.3 is 33.3 Å². The van der Waals surface area contributed by atoms with Crippen LogP contribution < -0.4 is 4.74 Å². The molecule has 1 saturated heterocycles. The molecule has 0 spiro atoms. The van der Waals surface area contributed by atoms with E-state index in [-0.39, 0.29) is 18.5 Å². The highest BCUT2D eigenvalue weighted by Gasteiger charge is 2.39. The van der Waals surface area contributed by atoms with Crippen molar-refractivity contribution in [2.75, 3.05) is 40.5 Å². The van der Waals surface area contributed by atoms with Crippen LogP contribution in [0.2, 0.25) is 0 Å². The summed E-state index contributed by atoms with van der Waals surface area (Å²) in [6, 6.07) is 6.22. The van der Waals surface area contributed by atoms with Crippen LogP contribution in [0.25, 0.3) is 10.9 Å². The van der Waals surface area contributed by atoms with Crippen molar-refractivity contribution < 1.29 is 28.5 Å². The summed E-state index contributed by atoms with van der Waals surface area (Å²) in [5, 5.41) is 1.07. The maximum atomic E-state index is 13.7. The maximum Gasteiger partial charge on any atom is 0.410 e. The van der Waals surface area contributed by atoms with Gasteiger partial charge in [0.2, 0.25) is 0 Å². The number of hydrogen-bond acceptors (Lipinski definition) is 6. The van der Waals surface area contributed by atoms with E-state index in [1.165, 1.54) is 0 Å². The van der Waals surface area contributed by atoms with Gasteiger partial charge in [-0.25, -0.2) is 4.79 Å². The molecule has 36 heavy (non-hydrogen) atoms. The quantitative estimate of drug-likeness (QED) is 0.486. The summed E-state index contributed by atoms with van der Waals surface area (Å²) in [4.78, 5) is 29.8. The highest BCUT2D eigenvalue weighted by Crippen LogP contribution is 2.34. The zero-order chi connectivity index (χ0) is 25.9. The summed E-state index contributed by atoms with van der Waals surface area (Å²) in [6.07, 6.45) is 3.84. The lowest BCUT2D eigenvalue weighted by Gasteiger charge is -2.35. The van der Waals surface area contributed by atoms with Crippen molar-refractivity contribution >= 4 is 22.9 Å². The van der Waals surface area contributed by atoms with E-state index < -0.39 is 17.8 Å². The number of rotatable bonds is 9. The number of benzene rings is 1. The number of ether oxygens (including phenoxy) is 4. The van der Waals surface area contributed by atoms with Gasteiger partial charge in [-0.2, -0.15) is 0 Å². The number of fused-ring (bicyclic) bond motifs is 1. The molecule has 0 N–H and O–H groups in total. The number of aryl methyl sites for hydroxylation is 1. The molecule has 9 nitrogen and oxygen atoms in total. The number of amides is 2. The van der Waals surface area contributed by atoms with Crippen molar-refractivity contribution in [1.29, 1.82) is 0 Å². The van der Waals surface area contributed by atoms with Gasteiger partial charge in [-0.05, 0) is 51.7 Å². The zero-order valence-corrected chi connectivity index (χ0v) is 22.1. The Hall–Kier alpha value is -2.78. The molecule has 2 heterocycles. The summed E-state index contributed by atoms with van der Waals surface area (Å²) >= 11 is 0. The summed E-state index contributed by atoms with van der Waals surface area (Å²) < 4.78 is 24.5. The van der Waals surface area contributed by atoms with Crippen molar-refractivity contribution in [1.82, 2.24) is 14.4 Å². The molecule has 1 aliphatic heterocycles. The van der Waals surface area contributed by atoms with Crippen LogP contribution in [-0.2, 0) is 32.1 Å². The fourth-order valence-electron chi connectivity index (χ4n) is 4.68. The third-order valence-electron chi connectivity index (χ3n) is 6.52. The number of nitrogens with zero attached hydrogens (tertiary/aromatic N) is 3. The van der Waals surface area contributed by atoms with Gasteiger partial charge in [0, 0.05) is 51.0 Å². The number of methoxy groups -OCH3 is 2. The maximum absolute atomic E-state index is 13.7. The number of aromatic nitrogens is 1. The molecule has 198 valence electrons. The lowest BCUT2D eigenvalue weighted by Crippen LogP contribution is -2.53. The van der Waals surface area contributed by atoms with E-state index in [2.05, 4.69) is 16.8 Å². The normalized spacial score (nSPS) is 18.4. The van der Waals surface area contributed by atoms with Gasteiger partial charge in [-0.3, -0.25) is 4.79 Å².